The summed E-state index contributed by atoms with van der Waals surface area (Å²) in [6, 6.07) is 5.30. The predicted octanol–water partition coefficient (Wildman–Crippen LogP) is 2.42. The molecule has 1 N–H and O–H groups in total. The molecule has 1 amide bonds. The van der Waals surface area contributed by atoms with E-state index in [9.17, 15) is 4.79 Å². The van der Waals surface area contributed by atoms with Gasteiger partial charge in [0, 0.05) is 36.1 Å². The molecule has 0 fully saturated rings. The number of anilines is 1. The van der Waals surface area contributed by atoms with Gasteiger partial charge < -0.3 is 14.8 Å². The summed E-state index contributed by atoms with van der Waals surface area (Å²) >= 11 is 0. The van der Waals surface area contributed by atoms with Crippen molar-refractivity contribution in [1.29, 1.82) is 0 Å². The highest BCUT2D eigenvalue weighted by Crippen LogP contribution is 2.34. The Balaban J connectivity index is 1.71. The van der Waals surface area contributed by atoms with E-state index in [1.807, 2.05) is 20.9 Å². The van der Waals surface area contributed by atoms with Gasteiger partial charge in [-0.1, -0.05) is 0 Å². The lowest BCUT2D eigenvalue weighted by Crippen LogP contribution is -2.07. The van der Waals surface area contributed by atoms with E-state index < -0.39 is 0 Å². The third kappa shape index (κ3) is 2.67. The van der Waals surface area contributed by atoms with Crippen molar-refractivity contribution in [3.05, 3.63) is 41.2 Å². The van der Waals surface area contributed by atoms with Crippen LogP contribution in [0.5, 0.6) is 11.5 Å². The minimum Gasteiger partial charge on any atom is -0.454 e. The largest absolute Gasteiger partial charge is 0.454 e. The second-order valence-corrected chi connectivity index (χ2v) is 5.10. The zero-order chi connectivity index (χ0) is 15.7. The summed E-state index contributed by atoms with van der Waals surface area (Å²) < 4.78 is 12.3. The van der Waals surface area contributed by atoms with Crippen molar-refractivity contribution in [2.75, 3.05) is 12.1 Å². The Hall–Kier alpha value is -2.76. The number of fused-ring (bicyclic) bond motifs is 1. The number of hydrogen-bond acceptors (Lipinski definition) is 4. The van der Waals surface area contributed by atoms with E-state index in [2.05, 4.69) is 10.4 Å². The van der Waals surface area contributed by atoms with Crippen LogP contribution in [0.4, 0.5) is 5.69 Å². The summed E-state index contributed by atoms with van der Waals surface area (Å²) in [5, 5.41) is 7.11. The monoisotopic (exact) mass is 299 g/mol. The van der Waals surface area contributed by atoms with Crippen LogP contribution in [0, 0.1) is 13.8 Å². The summed E-state index contributed by atoms with van der Waals surface area (Å²) in [6.45, 7) is 4.10. The highest BCUT2D eigenvalue weighted by Gasteiger charge is 2.13. The molecule has 1 aromatic carbocycles. The lowest BCUT2D eigenvalue weighted by molar-refractivity contribution is -0.111. The quantitative estimate of drug-likeness (QED) is 0.884. The third-order valence-electron chi connectivity index (χ3n) is 3.61. The average molecular weight is 299 g/mol. The molecule has 0 saturated heterocycles. The Bertz CT molecular complexity index is 762. The van der Waals surface area contributed by atoms with Gasteiger partial charge >= 0.3 is 0 Å². The Morgan fingerprint density at radius 1 is 1.32 bits per heavy atom. The molecule has 0 bridgehead atoms. The number of benzene rings is 1. The molecule has 0 unspecified atom stereocenters. The standard InChI is InChI=1S/C16H17N3O3/c1-10-13(11(2)19(3)18-10)5-7-16(20)17-12-4-6-14-15(8-12)22-9-21-14/h4-8H,9H2,1-3H3,(H,17,20)/b7-5+. The Kier molecular flexibility index (Phi) is 3.58. The highest BCUT2D eigenvalue weighted by molar-refractivity contribution is 6.02. The molecular formula is C16H17N3O3. The average Bonchev–Trinajstić information content (AvgIpc) is 3.02. The van der Waals surface area contributed by atoms with Crippen molar-refractivity contribution in [2.45, 2.75) is 13.8 Å². The van der Waals surface area contributed by atoms with E-state index in [-0.39, 0.29) is 12.7 Å². The summed E-state index contributed by atoms with van der Waals surface area (Å²) in [5.41, 5.74) is 3.54. The van der Waals surface area contributed by atoms with E-state index in [0.717, 1.165) is 17.0 Å². The first-order valence-corrected chi connectivity index (χ1v) is 6.93. The third-order valence-corrected chi connectivity index (χ3v) is 3.61. The van der Waals surface area contributed by atoms with Gasteiger partial charge in [-0.3, -0.25) is 9.48 Å². The Morgan fingerprint density at radius 2 is 2.09 bits per heavy atom. The normalized spacial score (nSPS) is 12.9. The number of aromatic nitrogens is 2. The van der Waals surface area contributed by atoms with Gasteiger partial charge in [-0.2, -0.15) is 5.10 Å². The van der Waals surface area contributed by atoms with Gasteiger partial charge in [-0.25, -0.2) is 0 Å². The van der Waals surface area contributed by atoms with Gasteiger partial charge in [0.25, 0.3) is 0 Å². The molecule has 6 nitrogen and oxygen atoms in total. The van der Waals surface area contributed by atoms with Crippen LogP contribution >= 0.6 is 0 Å². The molecule has 3 rings (SSSR count). The number of carbonyl (C=O) groups is 1. The number of carbonyl (C=O) groups excluding carboxylic acids is 1. The van der Waals surface area contributed by atoms with Crippen LogP contribution in [0.2, 0.25) is 0 Å². The van der Waals surface area contributed by atoms with Crippen LogP contribution in [0.1, 0.15) is 17.0 Å². The van der Waals surface area contributed by atoms with Gasteiger partial charge in [-0.05, 0) is 32.1 Å². The van der Waals surface area contributed by atoms with Gasteiger partial charge in [0.2, 0.25) is 12.7 Å². The minimum atomic E-state index is -0.207. The van der Waals surface area contributed by atoms with Crippen molar-refractivity contribution in [1.82, 2.24) is 9.78 Å². The molecule has 1 aliphatic heterocycles. The molecule has 0 spiro atoms. The maximum Gasteiger partial charge on any atom is 0.248 e. The van der Waals surface area contributed by atoms with Crippen molar-refractivity contribution in [3.63, 3.8) is 0 Å². The number of nitrogens with one attached hydrogen (secondary N) is 1. The number of rotatable bonds is 3. The molecule has 0 radical (unpaired) electrons. The minimum absolute atomic E-state index is 0.207. The van der Waals surface area contributed by atoms with E-state index in [1.165, 1.54) is 6.08 Å². The fraction of sp³-hybridized carbons (Fsp3) is 0.250. The van der Waals surface area contributed by atoms with Crippen molar-refractivity contribution >= 4 is 17.7 Å². The Morgan fingerprint density at radius 3 is 2.82 bits per heavy atom. The molecule has 2 heterocycles. The fourth-order valence-electron chi connectivity index (χ4n) is 2.35. The molecular weight excluding hydrogens is 282 g/mol. The summed E-state index contributed by atoms with van der Waals surface area (Å²) in [7, 11) is 1.88. The summed E-state index contributed by atoms with van der Waals surface area (Å²) in [6.07, 6.45) is 3.28. The first-order valence-electron chi connectivity index (χ1n) is 6.93. The van der Waals surface area contributed by atoms with Crippen LogP contribution < -0.4 is 14.8 Å². The lowest BCUT2D eigenvalue weighted by atomic mass is 10.2. The zero-order valence-electron chi connectivity index (χ0n) is 12.7. The molecule has 114 valence electrons. The van der Waals surface area contributed by atoms with Gasteiger partial charge in [0.1, 0.15) is 0 Å². The van der Waals surface area contributed by atoms with Crippen LogP contribution in [-0.2, 0) is 11.8 Å². The maximum absolute atomic E-state index is 12.0. The van der Waals surface area contributed by atoms with E-state index in [0.29, 0.717) is 17.2 Å². The summed E-state index contributed by atoms with van der Waals surface area (Å²) in [5.74, 6) is 1.12. The Labute approximate surface area is 128 Å². The molecule has 22 heavy (non-hydrogen) atoms. The number of ether oxygens (including phenoxy) is 2. The van der Waals surface area contributed by atoms with Gasteiger partial charge in [0.15, 0.2) is 11.5 Å². The van der Waals surface area contributed by atoms with Crippen molar-refractivity contribution in [2.24, 2.45) is 7.05 Å². The number of hydrogen-bond donors (Lipinski definition) is 1. The second kappa shape index (κ2) is 5.55. The molecule has 0 saturated carbocycles. The van der Waals surface area contributed by atoms with E-state index >= 15 is 0 Å². The second-order valence-electron chi connectivity index (χ2n) is 5.10. The summed E-state index contributed by atoms with van der Waals surface area (Å²) in [4.78, 5) is 12.0. The molecule has 6 heteroatoms. The first kappa shape index (κ1) is 14.2. The maximum atomic E-state index is 12.0. The van der Waals surface area contributed by atoms with Crippen LogP contribution in [0.25, 0.3) is 6.08 Å². The molecule has 0 atom stereocenters. The zero-order valence-corrected chi connectivity index (χ0v) is 12.7. The van der Waals surface area contributed by atoms with Crippen molar-refractivity contribution < 1.29 is 14.3 Å². The fourth-order valence-corrected chi connectivity index (χ4v) is 2.35. The van der Waals surface area contributed by atoms with E-state index in [4.69, 9.17) is 9.47 Å². The number of amides is 1. The highest BCUT2D eigenvalue weighted by atomic mass is 16.7. The van der Waals surface area contributed by atoms with Gasteiger partial charge in [-0.15, -0.1) is 0 Å². The SMILES string of the molecule is Cc1nn(C)c(C)c1/C=C/C(=O)Nc1ccc2c(c1)OCO2. The topological polar surface area (TPSA) is 65.4 Å². The lowest BCUT2D eigenvalue weighted by Gasteiger charge is -2.03. The molecule has 0 aliphatic carbocycles. The smallest absolute Gasteiger partial charge is 0.248 e. The van der Waals surface area contributed by atoms with Crippen LogP contribution in [0.3, 0.4) is 0 Å². The molecule has 2 aromatic rings. The van der Waals surface area contributed by atoms with E-state index in [1.54, 1.807) is 29.0 Å². The van der Waals surface area contributed by atoms with Crippen LogP contribution in [-0.4, -0.2) is 22.5 Å². The predicted molar refractivity (Wildman–Crippen MR) is 82.9 cm³/mol. The number of aryl methyl sites for hydroxylation is 2. The number of nitrogens with zero attached hydrogens (tertiary/aromatic N) is 2. The van der Waals surface area contributed by atoms with Gasteiger partial charge in [0.05, 0.1) is 5.69 Å². The van der Waals surface area contributed by atoms with Crippen LogP contribution in [0.15, 0.2) is 24.3 Å². The molecule has 1 aromatic heterocycles. The van der Waals surface area contributed by atoms with Crippen molar-refractivity contribution in [3.8, 4) is 11.5 Å². The molecule has 1 aliphatic rings. The first-order chi connectivity index (χ1) is 10.5.